The summed E-state index contributed by atoms with van der Waals surface area (Å²) in [5.74, 6) is -1.80. The first-order valence-corrected chi connectivity index (χ1v) is 9.84. The maximum Gasteiger partial charge on any atom is 0.573 e. The number of rotatable bonds is 9. The summed E-state index contributed by atoms with van der Waals surface area (Å²) in [6, 6.07) is 11.1. The van der Waals surface area contributed by atoms with E-state index in [1.54, 1.807) is 6.20 Å². The number of carbonyl (C=O) groups excluding carboxylic acids is 1. The molecule has 9 nitrogen and oxygen atoms in total. The van der Waals surface area contributed by atoms with E-state index in [1.165, 1.54) is 67.1 Å². The standard InChI is InChI=1S/C22H20F3N3O6/c1-21(2,20(30)31)33-17-9-5-15(6-10-17)19(29)32-13-16-12-28(27-26-16)11-14-3-7-18(8-4-14)34-22(23,24)25/h3-10,12H,11,13H2,1-2H3,(H,30,31). The van der Waals surface area contributed by atoms with Gasteiger partial charge in [-0.15, -0.1) is 18.3 Å². The molecule has 0 bridgehead atoms. The third-order valence-corrected chi connectivity index (χ3v) is 4.42. The lowest BCUT2D eigenvalue weighted by atomic mass is 10.1. The molecule has 0 radical (unpaired) electrons. The predicted molar refractivity (Wildman–Crippen MR) is 110 cm³/mol. The molecule has 34 heavy (non-hydrogen) atoms. The van der Waals surface area contributed by atoms with Gasteiger partial charge in [-0.1, -0.05) is 17.3 Å². The van der Waals surface area contributed by atoms with Gasteiger partial charge in [-0.25, -0.2) is 14.3 Å². The molecule has 0 aliphatic heterocycles. The first kappa shape index (κ1) is 24.6. The SMILES string of the molecule is CC(C)(Oc1ccc(C(=O)OCc2cn(Cc3ccc(OC(F)(F)F)cc3)nn2)cc1)C(=O)O. The maximum atomic E-state index is 12.2. The van der Waals surface area contributed by atoms with Crippen LogP contribution in [0.4, 0.5) is 13.2 Å². The van der Waals surface area contributed by atoms with E-state index in [0.717, 1.165) is 0 Å². The molecule has 0 aliphatic rings. The van der Waals surface area contributed by atoms with Crippen molar-refractivity contribution in [3.05, 3.63) is 71.5 Å². The molecular weight excluding hydrogens is 459 g/mol. The molecule has 12 heteroatoms. The van der Waals surface area contributed by atoms with Crippen molar-refractivity contribution in [2.24, 2.45) is 0 Å². The van der Waals surface area contributed by atoms with Crippen molar-refractivity contribution in [2.75, 3.05) is 0 Å². The van der Waals surface area contributed by atoms with E-state index in [0.29, 0.717) is 11.3 Å². The van der Waals surface area contributed by atoms with Gasteiger partial charge in [0.15, 0.2) is 5.60 Å². The van der Waals surface area contributed by atoms with Crippen molar-refractivity contribution >= 4 is 11.9 Å². The lowest BCUT2D eigenvalue weighted by molar-refractivity contribution is -0.274. The highest BCUT2D eigenvalue weighted by Gasteiger charge is 2.31. The monoisotopic (exact) mass is 479 g/mol. The summed E-state index contributed by atoms with van der Waals surface area (Å²) in [5.41, 5.74) is -0.161. The quantitative estimate of drug-likeness (QED) is 0.461. The fraction of sp³-hybridized carbons (Fsp3) is 0.273. The molecule has 0 fully saturated rings. The van der Waals surface area contributed by atoms with E-state index in [9.17, 15) is 22.8 Å². The maximum absolute atomic E-state index is 12.2. The highest BCUT2D eigenvalue weighted by atomic mass is 19.4. The lowest BCUT2D eigenvalue weighted by Gasteiger charge is -2.21. The first-order valence-electron chi connectivity index (χ1n) is 9.84. The molecule has 0 spiro atoms. The van der Waals surface area contributed by atoms with Crippen LogP contribution in [-0.4, -0.2) is 44.0 Å². The predicted octanol–water partition coefficient (Wildman–Crippen LogP) is 3.82. The fourth-order valence-corrected chi connectivity index (χ4v) is 2.69. The molecule has 3 aromatic rings. The molecular formula is C22H20F3N3O6. The highest BCUT2D eigenvalue weighted by molar-refractivity contribution is 5.89. The lowest BCUT2D eigenvalue weighted by Crippen LogP contribution is -2.37. The smallest absolute Gasteiger partial charge is 0.478 e. The number of esters is 1. The Bertz CT molecular complexity index is 1140. The molecule has 0 atom stereocenters. The normalized spacial score (nSPS) is 11.7. The van der Waals surface area contributed by atoms with Crippen molar-refractivity contribution in [1.82, 2.24) is 15.0 Å². The number of carboxylic acids is 1. The number of aromatic nitrogens is 3. The van der Waals surface area contributed by atoms with E-state index in [2.05, 4.69) is 15.0 Å². The van der Waals surface area contributed by atoms with Crippen LogP contribution in [0.25, 0.3) is 0 Å². The minimum atomic E-state index is -4.76. The van der Waals surface area contributed by atoms with Crippen LogP contribution in [0.5, 0.6) is 11.5 Å². The summed E-state index contributed by atoms with van der Waals surface area (Å²) in [4.78, 5) is 23.4. The minimum Gasteiger partial charge on any atom is -0.478 e. The van der Waals surface area contributed by atoms with Gasteiger partial charge in [-0.3, -0.25) is 0 Å². The summed E-state index contributed by atoms with van der Waals surface area (Å²) in [7, 11) is 0. The van der Waals surface area contributed by atoms with Gasteiger partial charge in [-0.05, 0) is 55.8 Å². The Morgan fingerprint density at radius 3 is 2.15 bits per heavy atom. The number of carbonyl (C=O) groups is 2. The molecule has 3 rings (SSSR count). The molecule has 0 aliphatic carbocycles. The minimum absolute atomic E-state index is 0.151. The van der Waals surface area contributed by atoms with Crippen LogP contribution in [0, 0.1) is 0 Å². The van der Waals surface area contributed by atoms with Crippen molar-refractivity contribution in [1.29, 1.82) is 0 Å². The van der Waals surface area contributed by atoms with Crippen LogP contribution in [0.15, 0.2) is 54.7 Å². The van der Waals surface area contributed by atoms with E-state index in [1.807, 2.05) is 0 Å². The van der Waals surface area contributed by atoms with Gasteiger partial charge in [0.05, 0.1) is 18.3 Å². The number of carboxylic acid groups (broad SMARTS) is 1. The molecule has 0 unspecified atom stereocenters. The number of ether oxygens (including phenoxy) is 3. The molecule has 180 valence electrons. The Morgan fingerprint density at radius 1 is 0.971 bits per heavy atom. The molecule has 1 aromatic heterocycles. The number of nitrogens with zero attached hydrogens (tertiary/aromatic N) is 3. The average Bonchev–Trinajstić information content (AvgIpc) is 3.20. The van der Waals surface area contributed by atoms with Gasteiger partial charge in [0.2, 0.25) is 0 Å². The third-order valence-electron chi connectivity index (χ3n) is 4.42. The average molecular weight is 479 g/mol. The van der Waals surface area contributed by atoms with Crippen molar-refractivity contribution < 1.29 is 42.1 Å². The van der Waals surface area contributed by atoms with Gasteiger partial charge < -0.3 is 19.3 Å². The van der Waals surface area contributed by atoms with Crippen molar-refractivity contribution in [3.8, 4) is 11.5 Å². The largest absolute Gasteiger partial charge is 0.573 e. The van der Waals surface area contributed by atoms with Gasteiger partial charge in [0.1, 0.15) is 23.8 Å². The Kier molecular flexibility index (Phi) is 7.08. The van der Waals surface area contributed by atoms with Crippen LogP contribution in [0.3, 0.4) is 0 Å². The topological polar surface area (TPSA) is 113 Å². The second-order valence-corrected chi connectivity index (χ2v) is 7.62. The summed E-state index contributed by atoms with van der Waals surface area (Å²) >= 11 is 0. The molecule has 0 saturated carbocycles. The highest BCUT2D eigenvalue weighted by Crippen LogP contribution is 2.23. The molecule has 0 saturated heterocycles. The second kappa shape index (κ2) is 9.81. The summed E-state index contributed by atoms with van der Waals surface area (Å²) in [6.07, 6.45) is -3.22. The Hall–Kier alpha value is -4.09. The van der Waals surface area contributed by atoms with Gasteiger partial charge >= 0.3 is 18.3 Å². The van der Waals surface area contributed by atoms with Gasteiger partial charge in [0, 0.05) is 0 Å². The zero-order chi connectivity index (χ0) is 24.9. The van der Waals surface area contributed by atoms with E-state index < -0.39 is 23.9 Å². The number of aliphatic carboxylic acids is 1. The number of halogens is 3. The second-order valence-electron chi connectivity index (χ2n) is 7.62. The van der Waals surface area contributed by atoms with Crippen LogP contribution in [-0.2, 0) is 22.7 Å². The number of hydrogen-bond acceptors (Lipinski definition) is 7. The molecule has 1 N–H and O–H groups in total. The van der Waals surface area contributed by atoms with E-state index in [4.69, 9.17) is 14.6 Å². The first-order chi connectivity index (χ1) is 15.9. The van der Waals surface area contributed by atoms with Crippen LogP contribution in [0.1, 0.15) is 35.5 Å². The zero-order valence-corrected chi connectivity index (χ0v) is 18.1. The molecule has 0 amide bonds. The zero-order valence-electron chi connectivity index (χ0n) is 18.1. The Labute approximate surface area is 191 Å². The number of hydrogen-bond donors (Lipinski definition) is 1. The third kappa shape index (κ3) is 6.95. The number of benzene rings is 2. The molecule has 1 heterocycles. The van der Waals surface area contributed by atoms with Crippen LogP contribution < -0.4 is 9.47 Å². The van der Waals surface area contributed by atoms with Gasteiger partial charge in [-0.2, -0.15) is 0 Å². The van der Waals surface area contributed by atoms with Crippen molar-refractivity contribution in [3.63, 3.8) is 0 Å². The summed E-state index contributed by atoms with van der Waals surface area (Å²) < 4.78 is 52.5. The van der Waals surface area contributed by atoms with E-state index in [-0.39, 0.29) is 30.2 Å². The van der Waals surface area contributed by atoms with E-state index >= 15 is 0 Å². The summed E-state index contributed by atoms with van der Waals surface area (Å²) in [6.45, 7) is 2.90. The summed E-state index contributed by atoms with van der Waals surface area (Å²) in [5, 5.41) is 16.9. The van der Waals surface area contributed by atoms with Crippen molar-refractivity contribution in [2.45, 2.75) is 39.0 Å². The number of alkyl halides is 3. The Morgan fingerprint density at radius 2 is 1.56 bits per heavy atom. The molecule has 2 aromatic carbocycles. The Balaban J connectivity index is 1.51. The van der Waals surface area contributed by atoms with Gasteiger partial charge in [0.25, 0.3) is 0 Å². The van der Waals surface area contributed by atoms with Crippen LogP contribution in [0.2, 0.25) is 0 Å². The fourth-order valence-electron chi connectivity index (χ4n) is 2.69. The van der Waals surface area contributed by atoms with Crippen LogP contribution >= 0.6 is 0 Å².